The van der Waals surface area contributed by atoms with Crippen molar-refractivity contribution in [3.05, 3.63) is 47.3 Å². The number of morpholine rings is 1. The maximum Gasteiger partial charge on any atom is 0.433 e. The van der Waals surface area contributed by atoms with Crippen molar-refractivity contribution in [2.75, 3.05) is 25.0 Å². The number of rotatable bonds is 3. The van der Waals surface area contributed by atoms with E-state index >= 15 is 0 Å². The molecule has 0 bridgehead atoms. The van der Waals surface area contributed by atoms with E-state index in [2.05, 4.69) is 20.6 Å². The number of aryl methyl sites for hydroxylation is 1. The van der Waals surface area contributed by atoms with Gasteiger partial charge in [0.15, 0.2) is 0 Å². The van der Waals surface area contributed by atoms with Gasteiger partial charge in [0.1, 0.15) is 5.69 Å². The molecule has 0 saturated carbocycles. The quantitative estimate of drug-likeness (QED) is 0.900. The third-order valence-electron chi connectivity index (χ3n) is 3.61. The van der Waals surface area contributed by atoms with E-state index in [1.165, 1.54) is 6.92 Å². The average Bonchev–Trinajstić information content (AvgIpc) is 2.55. The van der Waals surface area contributed by atoms with E-state index in [0.29, 0.717) is 12.3 Å². The molecule has 3 rings (SSSR count). The van der Waals surface area contributed by atoms with Gasteiger partial charge >= 0.3 is 6.18 Å². The molecule has 2 N–H and O–H groups in total. The molecule has 24 heavy (non-hydrogen) atoms. The lowest BCUT2D eigenvalue weighted by Crippen LogP contribution is -2.33. The fourth-order valence-corrected chi connectivity index (χ4v) is 2.46. The van der Waals surface area contributed by atoms with Gasteiger partial charge in [-0.25, -0.2) is 9.97 Å². The van der Waals surface area contributed by atoms with Crippen molar-refractivity contribution in [2.45, 2.75) is 19.2 Å². The van der Waals surface area contributed by atoms with Crippen molar-refractivity contribution in [2.24, 2.45) is 0 Å². The van der Waals surface area contributed by atoms with E-state index in [1.807, 2.05) is 12.1 Å². The van der Waals surface area contributed by atoms with Gasteiger partial charge in [0.2, 0.25) is 5.95 Å². The number of aromatic nitrogens is 2. The fourth-order valence-electron chi connectivity index (χ4n) is 2.46. The van der Waals surface area contributed by atoms with Crippen LogP contribution < -0.4 is 10.6 Å². The number of anilines is 2. The van der Waals surface area contributed by atoms with Crippen molar-refractivity contribution in [3.63, 3.8) is 0 Å². The van der Waals surface area contributed by atoms with Crippen LogP contribution in [-0.2, 0) is 10.9 Å². The minimum Gasteiger partial charge on any atom is -0.371 e. The molecule has 2 heterocycles. The lowest BCUT2D eigenvalue weighted by Gasteiger charge is -2.24. The Labute approximate surface area is 137 Å². The van der Waals surface area contributed by atoms with Gasteiger partial charge in [-0.05, 0) is 30.7 Å². The summed E-state index contributed by atoms with van der Waals surface area (Å²) in [6.07, 6.45) is -4.51. The molecular weight excluding hydrogens is 321 g/mol. The third-order valence-corrected chi connectivity index (χ3v) is 3.61. The molecule has 1 aliphatic rings. The van der Waals surface area contributed by atoms with Gasteiger partial charge in [-0.15, -0.1) is 0 Å². The van der Waals surface area contributed by atoms with Gasteiger partial charge in [0.05, 0.1) is 12.7 Å². The Morgan fingerprint density at radius 2 is 1.96 bits per heavy atom. The predicted octanol–water partition coefficient (Wildman–Crippen LogP) is 3.21. The van der Waals surface area contributed by atoms with Crippen LogP contribution in [0, 0.1) is 6.92 Å². The summed E-state index contributed by atoms with van der Waals surface area (Å²) in [4.78, 5) is 7.53. The largest absolute Gasteiger partial charge is 0.433 e. The first-order valence-corrected chi connectivity index (χ1v) is 7.54. The summed E-state index contributed by atoms with van der Waals surface area (Å²) in [7, 11) is 0. The number of nitrogens with one attached hydrogen (secondary N) is 2. The molecule has 1 saturated heterocycles. The summed E-state index contributed by atoms with van der Waals surface area (Å²) in [6, 6.07) is 8.21. The number of hydrogen-bond donors (Lipinski definition) is 2. The van der Waals surface area contributed by atoms with E-state index in [4.69, 9.17) is 4.74 Å². The van der Waals surface area contributed by atoms with Crippen LogP contribution >= 0.6 is 0 Å². The molecule has 0 amide bonds. The first-order valence-electron chi connectivity index (χ1n) is 7.54. The maximum atomic E-state index is 12.8. The van der Waals surface area contributed by atoms with Gasteiger partial charge in [-0.2, -0.15) is 13.2 Å². The molecule has 0 aliphatic carbocycles. The smallest absolute Gasteiger partial charge is 0.371 e. The monoisotopic (exact) mass is 338 g/mol. The first kappa shape index (κ1) is 16.7. The van der Waals surface area contributed by atoms with Gasteiger partial charge < -0.3 is 15.4 Å². The number of hydrogen-bond acceptors (Lipinski definition) is 5. The molecule has 1 aromatic carbocycles. The van der Waals surface area contributed by atoms with Gasteiger partial charge in [0, 0.05) is 24.5 Å². The van der Waals surface area contributed by atoms with Crippen molar-refractivity contribution in [1.82, 2.24) is 15.3 Å². The SMILES string of the molecule is Cc1cc(C(F)(F)F)nc(Nc2ccc([C@@H]3CNCCO3)cc2)n1. The molecule has 0 unspecified atom stereocenters. The Morgan fingerprint density at radius 1 is 1.21 bits per heavy atom. The molecule has 0 spiro atoms. The Bertz CT molecular complexity index is 697. The zero-order chi connectivity index (χ0) is 17.2. The maximum absolute atomic E-state index is 12.8. The topological polar surface area (TPSA) is 59.1 Å². The van der Waals surface area contributed by atoms with Crippen LogP contribution in [-0.4, -0.2) is 29.7 Å². The van der Waals surface area contributed by atoms with E-state index in [-0.39, 0.29) is 17.7 Å². The minimum absolute atomic E-state index is 0.0140. The van der Waals surface area contributed by atoms with Crippen LogP contribution in [0.15, 0.2) is 30.3 Å². The molecule has 0 radical (unpaired) electrons. The highest BCUT2D eigenvalue weighted by atomic mass is 19.4. The molecule has 128 valence electrons. The highest BCUT2D eigenvalue weighted by Gasteiger charge is 2.33. The number of benzene rings is 1. The van der Waals surface area contributed by atoms with Gasteiger partial charge in [-0.1, -0.05) is 12.1 Å². The summed E-state index contributed by atoms with van der Waals surface area (Å²) in [6.45, 7) is 3.73. The van der Waals surface area contributed by atoms with Crippen LogP contribution in [0.25, 0.3) is 0 Å². The van der Waals surface area contributed by atoms with Crippen molar-refractivity contribution in [3.8, 4) is 0 Å². The third kappa shape index (κ3) is 4.01. The fraction of sp³-hybridized carbons (Fsp3) is 0.375. The van der Waals surface area contributed by atoms with Crippen molar-refractivity contribution < 1.29 is 17.9 Å². The molecule has 1 atom stereocenters. The molecule has 1 fully saturated rings. The molecule has 5 nitrogen and oxygen atoms in total. The molecule has 2 aromatic rings. The molecule has 1 aliphatic heterocycles. The normalized spacial score (nSPS) is 18.4. The lowest BCUT2D eigenvalue weighted by atomic mass is 10.1. The summed E-state index contributed by atoms with van der Waals surface area (Å²) >= 11 is 0. The Hall–Kier alpha value is -2.19. The Balaban J connectivity index is 1.75. The van der Waals surface area contributed by atoms with Crippen molar-refractivity contribution in [1.29, 1.82) is 0 Å². The highest BCUT2D eigenvalue weighted by Crippen LogP contribution is 2.29. The predicted molar refractivity (Wildman–Crippen MR) is 83.1 cm³/mol. The average molecular weight is 338 g/mol. The Morgan fingerprint density at radius 3 is 2.58 bits per heavy atom. The summed E-state index contributed by atoms with van der Waals surface area (Å²) in [5, 5.41) is 6.06. The molecular formula is C16H17F3N4O. The standard InChI is InChI=1S/C16H17F3N4O/c1-10-8-14(16(17,18)19)23-15(21-10)22-12-4-2-11(3-5-12)13-9-20-6-7-24-13/h2-5,8,13,20H,6-7,9H2,1H3,(H,21,22,23)/t13-/m0/s1. The van der Waals surface area contributed by atoms with Crippen LogP contribution in [0.4, 0.5) is 24.8 Å². The molecule has 1 aromatic heterocycles. The second-order valence-electron chi connectivity index (χ2n) is 5.53. The van der Waals surface area contributed by atoms with Crippen LogP contribution in [0.5, 0.6) is 0 Å². The van der Waals surface area contributed by atoms with Crippen LogP contribution in [0.2, 0.25) is 0 Å². The summed E-state index contributed by atoms with van der Waals surface area (Å²) < 4.78 is 44.1. The van der Waals surface area contributed by atoms with Crippen molar-refractivity contribution >= 4 is 11.6 Å². The van der Waals surface area contributed by atoms with E-state index in [9.17, 15) is 13.2 Å². The number of alkyl halides is 3. The zero-order valence-electron chi connectivity index (χ0n) is 13.0. The first-order chi connectivity index (χ1) is 11.4. The second kappa shape index (κ2) is 6.74. The van der Waals surface area contributed by atoms with Crippen LogP contribution in [0.1, 0.15) is 23.1 Å². The number of nitrogens with zero attached hydrogens (tertiary/aromatic N) is 2. The Kier molecular flexibility index (Phi) is 4.68. The summed E-state index contributed by atoms with van der Waals surface area (Å²) in [5.41, 5.74) is 0.907. The zero-order valence-corrected chi connectivity index (χ0v) is 13.0. The highest BCUT2D eigenvalue weighted by molar-refractivity contribution is 5.54. The van der Waals surface area contributed by atoms with E-state index in [0.717, 1.165) is 24.7 Å². The van der Waals surface area contributed by atoms with E-state index in [1.54, 1.807) is 12.1 Å². The summed E-state index contributed by atoms with van der Waals surface area (Å²) in [5.74, 6) is -0.0781. The lowest BCUT2D eigenvalue weighted by molar-refractivity contribution is -0.141. The minimum atomic E-state index is -4.50. The van der Waals surface area contributed by atoms with E-state index < -0.39 is 11.9 Å². The number of ether oxygens (including phenoxy) is 1. The van der Waals surface area contributed by atoms with Gasteiger partial charge in [-0.3, -0.25) is 0 Å². The molecule has 8 heteroatoms. The van der Waals surface area contributed by atoms with Gasteiger partial charge in [0.25, 0.3) is 0 Å². The number of halogens is 3. The van der Waals surface area contributed by atoms with Crippen LogP contribution in [0.3, 0.4) is 0 Å². The second-order valence-corrected chi connectivity index (χ2v) is 5.53.